The van der Waals surface area contributed by atoms with Gasteiger partial charge in [-0.15, -0.1) is 0 Å². The molecule has 1 aromatic carbocycles. The maximum Gasteiger partial charge on any atom is 0.213 e. The van der Waals surface area contributed by atoms with Crippen LogP contribution >= 0.6 is 0 Å². The predicted molar refractivity (Wildman–Crippen MR) is 95.3 cm³/mol. The molecule has 3 rings (SSSR count). The van der Waals surface area contributed by atoms with Gasteiger partial charge in [-0.3, -0.25) is 4.79 Å². The maximum absolute atomic E-state index is 12.3. The zero-order chi connectivity index (χ0) is 16.8. The van der Waals surface area contributed by atoms with Gasteiger partial charge in [0.2, 0.25) is 5.88 Å². The summed E-state index contributed by atoms with van der Waals surface area (Å²) >= 11 is 0. The van der Waals surface area contributed by atoms with Crippen molar-refractivity contribution in [2.45, 2.75) is 52.1 Å². The summed E-state index contributed by atoms with van der Waals surface area (Å²) < 4.78 is 5.80. The van der Waals surface area contributed by atoms with Gasteiger partial charge in [0.25, 0.3) is 0 Å². The van der Waals surface area contributed by atoms with Gasteiger partial charge in [-0.25, -0.2) is 4.98 Å². The van der Waals surface area contributed by atoms with Gasteiger partial charge in [-0.05, 0) is 30.4 Å². The van der Waals surface area contributed by atoms with Crippen LogP contribution in [-0.4, -0.2) is 10.8 Å². The summed E-state index contributed by atoms with van der Waals surface area (Å²) in [5.41, 5.74) is 2.82. The first-order valence-electron chi connectivity index (χ1n) is 8.96. The second kappa shape index (κ2) is 8.09. The van der Waals surface area contributed by atoms with E-state index in [0.29, 0.717) is 24.8 Å². The number of hydrogen-bond donors (Lipinski definition) is 0. The molecule has 1 aliphatic rings. The number of rotatable bonds is 7. The van der Waals surface area contributed by atoms with Crippen LogP contribution < -0.4 is 4.74 Å². The van der Waals surface area contributed by atoms with E-state index in [1.54, 1.807) is 0 Å². The topological polar surface area (TPSA) is 39.2 Å². The number of hydrogen-bond acceptors (Lipinski definition) is 3. The third kappa shape index (κ3) is 4.22. The van der Waals surface area contributed by atoms with E-state index < -0.39 is 0 Å². The molecule has 126 valence electrons. The number of ketones is 1. The SMILES string of the molecule is CCCCCC1CC(=O)c2ccc(OCc3ccccc3)nc2C1. The molecule has 0 amide bonds. The highest BCUT2D eigenvalue weighted by atomic mass is 16.5. The van der Waals surface area contributed by atoms with E-state index in [0.717, 1.165) is 29.7 Å². The molecule has 1 heterocycles. The molecule has 0 bridgehead atoms. The number of unbranched alkanes of at least 4 members (excludes halogenated alkanes) is 2. The molecule has 0 saturated heterocycles. The summed E-state index contributed by atoms with van der Waals surface area (Å²) in [6, 6.07) is 13.8. The average molecular weight is 323 g/mol. The van der Waals surface area contributed by atoms with E-state index in [1.165, 1.54) is 19.3 Å². The van der Waals surface area contributed by atoms with Gasteiger partial charge in [-0.1, -0.05) is 56.5 Å². The first-order chi connectivity index (χ1) is 11.8. The number of Topliss-reactive ketones (excluding diaryl/α,β-unsaturated/α-hetero) is 1. The molecule has 0 spiro atoms. The van der Waals surface area contributed by atoms with Crippen LogP contribution in [0, 0.1) is 5.92 Å². The fourth-order valence-corrected chi connectivity index (χ4v) is 3.31. The quantitative estimate of drug-likeness (QED) is 0.674. The maximum atomic E-state index is 12.3. The van der Waals surface area contributed by atoms with E-state index in [-0.39, 0.29) is 5.78 Å². The Morgan fingerprint density at radius 2 is 1.92 bits per heavy atom. The highest BCUT2D eigenvalue weighted by Gasteiger charge is 2.26. The number of carbonyl (C=O) groups is 1. The molecule has 1 atom stereocenters. The van der Waals surface area contributed by atoms with Crippen LogP contribution in [0.5, 0.6) is 5.88 Å². The summed E-state index contributed by atoms with van der Waals surface area (Å²) in [7, 11) is 0. The zero-order valence-electron chi connectivity index (χ0n) is 14.3. The van der Waals surface area contributed by atoms with Crippen LogP contribution in [0.15, 0.2) is 42.5 Å². The van der Waals surface area contributed by atoms with Crippen molar-refractivity contribution in [3.05, 3.63) is 59.3 Å². The number of ether oxygens (including phenoxy) is 1. The molecule has 1 unspecified atom stereocenters. The van der Waals surface area contributed by atoms with Crippen molar-refractivity contribution in [3.63, 3.8) is 0 Å². The van der Waals surface area contributed by atoms with Crippen molar-refractivity contribution in [1.29, 1.82) is 0 Å². The van der Waals surface area contributed by atoms with E-state index in [4.69, 9.17) is 4.74 Å². The lowest BCUT2D eigenvalue weighted by molar-refractivity contribution is 0.0943. The Balaban J connectivity index is 1.65. The third-order valence-corrected chi connectivity index (χ3v) is 4.65. The summed E-state index contributed by atoms with van der Waals surface area (Å²) in [6.07, 6.45) is 6.35. The van der Waals surface area contributed by atoms with E-state index >= 15 is 0 Å². The molecule has 1 aromatic heterocycles. The zero-order valence-corrected chi connectivity index (χ0v) is 14.3. The summed E-state index contributed by atoms with van der Waals surface area (Å²) in [4.78, 5) is 17.0. The molecule has 2 aromatic rings. The van der Waals surface area contributed by atoms with Crippen LogP contribution in [-0.2, 0) is 13.0 Å². The standard InChI is InChI=1S/C21H25NO2/c1-2-3-5-10-17-13-19-18(20(23)14-17)11-12-21(22-19)24-15-16-8-6-4-7-9-16/h4,6-9,11-12,17H,2-3,5,10,13-15H2,1H3. The third-order valence-electron chi connectivity index (χ3n) is 4.65. The number of benzene rings is 1. The lowest BCUT2D eigenvalue weighted by atomic mass is 9.83. The number of fused-ring (bicyclic) bond motifs is 1. The summed E-state index contributed by atoms with van der Waals surface area (Å²) in [5.74, 6) is 1.29. The van der Waals surface area contributed by atoms with Crippen LogP contribution in [0.2, 0.25) is 0 Å². The highest BCUT2D eigenvalue weighted by molar-refractivity contribution is 5.98. The molecule has 0 radical (unpaired) electrons. The Morgan fingerprint density at radius 3 is 2.71 bits per heavy atom. The molecular formula is C21H25NO2. The Bertz CT molecular complexity index is 681. The van der Waals surface area contributed by atoms with Gasteiger partial charge in [0, 0.05) is 18.1 Å². The van der Waals surface area contributed by atoms with Gasteiger partial charge in [-0.2, -0.15) is 0 Å². The van der Waals surface area contributed by atoms with Gasteiger partial charge in [0.15, 0.2) is 5.78 Å². The van der Waals surface area contributed by atoms with Crippen LogP contribution in [0.25, 0.3) is 0 Å². The molecule has 3 heteroatoms. The fraction of sp³-hybridized carbons (Fsp3) is 0.429. The average Bonchev–Trinajstić information content (AvgIpc) is 2.61. The molecule has 0 N–H and O–H groups in total. The van der Waals surface area contributed by atoms with Gasteiger partial charge in [0.05, 0.1) is 5.69 Å². The lowest BCUT2D eigenvalue weighted by Crippen LogP contribution is -2.21. The van der Waals surface area contributed by atoms with Crippen LogP contribution in [0.1, 0.15) is 60.6 Å². The predicted octanol–water partition coefficient (Wildman–Crippen LogP) is 4.99. The summed E-state index contributed by atoms with van der Waals surface area (Å²) in [5, 5.41) is 0. The minimum absolute atomic E-state index is 0.236. The van der Waals surface area contributed by atoms with E-state index in [2.05, 4.69) is 11.9 Å². The second-order valence-electron chi connectivity index (χ2n) is 6.61. The largest absolute Gasteiger partial charge is 0.473 e. The molecule has 3 nitrogen and oxygen atoms in total. The number of carbonyl (C=O) groups excluding carboxylic acids is 1. The van der Waals surface area contributed by atoms with Crippen molar-refractivity contribution < 1.29 is 9.53 Å². The molecular weight excluding hydrogens is 298 g/mol. The van der Waals surface area contributed by atoms with Crippen molar-refractivity contribution in [1.82, 2.24) is 4.98 Å². The van der Waals surface area contributed by atoms with Gasteiger partial charge < -0.3 is 4.74 Å². The first-order valence-corrected chi connectivity index (χ1v) is 8.96. The molecule has 24 heavy (non-hydrogen) atoms. The Labute approximate surface area is 144 Å². The van der Waals surface area contributed by atoms with Gasteiger partial charge in [0.1, 0.15) is 6.61 Å². The highest BCUT2D eigenvalue weighted by Crippen LogP contribution is 2.29. The van der Waals surface area contributed by atoms with Crippen molar-refractivity contribution in [3.8, 4) is 5.88 Å². The summed E-state index contributed by atoms with van der Waals surface area (Å²) in [6.45, 7) is 2.71. The number of nitrogens with zero attached hydrogens (tertiary/aromatic N) is 1. The second-order valence-corrected chi connectivity index (χ2v) is 6.61. The molecule has 0 saturated carbocycles. The monoisotopic (exact) mass is 323 g/mol. The van der Waals surface area contributed by atoms with Crippen molar-refractivity contribution in [2.24, 2.45) is 5.92 Å². The number of aromatic nitrogens is 1. The number of pyridine rings is 1. The Hall–Kier alpha value is -2.16. The Kier molecular flexibility index (Phi) is 5.63. The molecule has 1 aliphatic carbocycles. The minimum atomic E-state index is 0.236. The lowest BCUT2D eigenvalue weighted by Gasteiger charge is -2.23. The molecule has 0 aliphatic heterocycles. The van der Waals surface area contributed by atoms with E-state index in [9.17, 15) is 4.79 Å². The normalized spacial score (nSPS) is 16.7. The fourth-order valence-electron chi connectivity index (χ4n) is 3.31. The van der Waals surface area contributed by atoms with Crippen molar-refractivity contribution >= 4 is 5.78 Å². The van der Waals surface area contributed by atoms with Gasteiger partial charge >= 0.3 is 0 Å². The minimum Gasteiger partial charge on any atom is -0.473 e. The first kappa shape index (κ1) is 16.7. The van der Waals surface area contributed by atoms with E-state index in [1.807, 2.05) is 42.5 Å². The van der Waals surface area contributed by atoms with Crippen LogP contribution in [0.4, 0.5) is 0 Å². The van der Waals surface area contributed by atoms with Crippen LogP contribution in [0.3, 0.4) is 0 Å². The molecule has 0 fully saturated rings. The van der Waals surface area contributed by atoms with Crippen molar-refractivity contribution in [2.75, 3.05) is 0 Å². The Morgan fingerprint density at radius 1 is 1.08 bits per heavy atom. The smallest absolute Gasteiger partial charge is 0.213 e.